The SMILES string of the molecule is C=CNC1CCCC(F)C1. The molecule has 0 aromatic carbocycles. The zero-order chi connectivity index (χ0) is 7.40. The van der Waals surface area contributed by atoms with E-state index >= 15 is 0 Å². The summed E-state index contributed by atoms with van der Waals surface area (Å²) in [5.41, 5.74) is 0. The van der Waals surface area contributed by atoms with E-state index in [2.05, 4.69) is 11.9 Å². The maximum atomic E-state index is 12.7. The Labute approximate surface area is 61.3 Å². The molecule has 1 aliphatic rings. The molecule has 0 aromatic heterocycles. The van der Waals surface area contributed by atoms with E-state index in [4.69, 9.17) is 0 Å². The van der Waals surface area contributed by atoms with E-state index in [0.29, 0.717) is 12.5 Å². The van der Waals surface area contributed by atoms with Crippen LogP contribution in [0.4, 0.5) is 4.39 Å². The van der Waals surface area contributed by atoms with Crippen molar-refractivity contribution in [3.8, 4) is 0 Å². The lowest BCUT2D eigenvalue weighted by atomic mass is 9.94. The largest absolute Gasteiger partial charge is 0.389 e. The molecule has 0 bridgehead atoms. The highest BCUT2D eigenvalue weighted by Crippen LogP contribution is 2.20. The van der Waals surface area contributed by atoms with Crippen LogP contribution in [-0.2, 0) is 0 Å². The Morgan fingerprint density at radius 3 is 2.90 bits per heavy atom. The van der Waals surface area contributed by atoms with Gasteiger partial charge in [0.1, 0.15) is 6.17 Å². The van der Waals surface area contributed by atoms with Gasteiger partial charge in [-0.1, -0.05) is 6.58 Å². The van der Waals surface area contributed by atoms with Gasteiger partial charge in [-0.2, -0.15) is 0 Å². The van der Waals surface area contributed by atoms with Crippen LogP contribution < -0.4 is 5.32 Å². The number of halogens is 1. The number of hydrogen-bond acceptors (Lipinski definition) is 1. The van der Waals surface area contributed by atoms with E-state index in [0.717, 1.165) is 19.3 Å². The highest BCUT2D eigenvalue weighted by molar-refractivity contribution is 4.81. The maximum Gasteiger partial charge on any atom is 0.102 e. The molecule has 58 valence electrons. The first-order valence-electron chi connectivity index (χ1n) is 3.84. The van der Waals surface area contributed by atoms with E-state index in [1.165, 1.54) is 0 Å². The molecule has 0 amide bonds. The fourth-order valence-corrected chi connectivity index (χ4v) is 1.45. The summed E-state index contributed by atoms with van der Waals surface area (Å²) < 4.78 is 12.7. The van der Waals surface area contributed by atoms with Crippen LogP contribution in [0.3, 0.4) is 0 Å². The standard InChI is InChI=1S/C8H14FN/c1-2-10-8-5-3-4-7(9)6-8/h2,7-8,10H,1,3-6H2. The average Bonchev–Trinajstić information content (AvgIpc) is 1.88. The normalized spacial score (nSPS) is 33.3. The van der Waals surface area contributed by atoms with E-state index in [9.17, 15) is 4.39 Å². The second kappa shape index (κ2) is 3.59. The molecule has 0 saturated heterocycles. The molecular formula is C8H14FN. The summed E-state index contributed by atoms with van der Waals surface area (Å²) in [5, 5.41) is 3.04. The van der Waals surface area contributed by atoms with Gasteiger partial charge in [-0.3, -0.25) is 0 Å². The van der Waals surface area contributed by atoms with Gasteiger partial charge in [-0.25, -0.2) is 4.39 Å². The third kappa shape index (κ3) is 2.01. The zero-order valence-electron chi connectivity index (χ0n) is 6.15. The highest BCUT2D eigenvalue weighted by atomic mass is 19.1. The Morgan fingerprint density at radius 1 is 1.50 bits per heavy atom. The summed E-state index contributed by atoms with van der Waals surface area (Å²) in [6, 6.07) is 0.334. The quantitative estimate of drug-likeness (QED) is 0.623. The third-order valence-electron chi connectivity index (χ3n) is 1.96. The zero-order valence-corrected chi connectivity index (χ0v) is 6.15. The monoisotopic (exact) mass is 143 g/mol. The van der Waals surface area contributed by atoms with Crippen LogP contribution in [-0.4, -0.2) is 12.2 Å². The van der Waals surface area contributed by atoms with Crippen LogP contribution in [0.25, 0.3) is 0 Å². The molecule has 0 aromatic rings. The fraction of sp³-hybridized carbons (Fsp3) is 0.750. The highest BCUT2D eigenvalue weighted by Gasteiger charge is 2.19. The van der Waals surface area contributed by atoms with Crippen molar-refractivity contribution in [2.75, 3.05) is 0 Å². The van der Waals surface area contributed by atoms with Crippen molar-refractivity contribution in [2.45, 2.75) is 37.9 Å². The van der Waals surface area contributed by atoms with Gasteiger partial charge in [0.2, 0.25) is 0 Å². The van der Waals surface area contributed by atoms with Gasteiger partial charge in [-0.05, 0) is 31.9 Å². The molecule has 2 unspecified atom stereocenters. The van der Waals surface area contributed by atoms with Crippen LogP contribution in [0.1, 0.15) is 25.7 Å². The Bertz CT molecular complexity index is 114. The summed E-state index contributed by atoms with van der Waals surface area (Å²) in [4.78, 5) is 0. The number of hydrogen-bond donors (Lipinski definition) is 1. The van der Waals surface area contributed by atoms with Crippen LogP contribution in [0.2, 0.25) is 0 Å². The molecule has 0 aliphatic heterocycles. The summed E-state index contributed by atoms with van der Waals surface area (Å²) in [6.07, 6.45) is 4.56. The molecule has 1 fully saturated rings. The minimum Gasteiger partial charge on any atom is -0.389 e. The lowest BCUT2D eigenvalue weighted by molar-refractivity contribution is 0.221. The Balaban J connectivity index is 2.24. The molecule has 1 aliphatic carbocycles. The van der Waals surface area contributed by atoms with Crippen LogP contribution >= 0.6 is 0 Å². The Morgan fingerprint density at radius 2 is 2.30 bits per heavy atom. The maximum absolute atomic E-state index is 12.7. The van der Waals surface area contributed by atoms with Crippen molar-refractivity contribution >= 4 is 0 Å². The van der Waals surface area contributed by atoms with Gasteiger partial charge in [0, 0.05) is 6.04 Å². The minimum absolute atomic E-state index is 0.334. The van der Waals surface area contributed by atoms with E-state index in [-0.39, 0.29) is 0 Å². The summed E-state index contributed by atoms with van der Waals surface area (Å²) in [5.74, 6) is 0. The molecule has 1 rings (SSSR count). The smallest absolute Gasteiger partial charge is 0.102 e. The summed E-state index contributed by atoms with van der Waals surface area (Å²) >= 11 is 0. The van der Waals surface area contributed by atoms with Gasteiger partial charge >= 0.3 is 0 Å². The average molecular weight is 143 g/mol. The minimum atomic E-state index is -0.591. The van der Waals surface area contributed by atoms with Crippen molar-refractivity contribution < 1.29 is 4.39 Å². The molecule has 1 N–H and O–H groups in total. The van der Waals surface area contributed by atoms with E-state index in [1.807, 2.05) is 0 Å². The van der Waals surface area contributed by atoms with Crippen molar-refractivity contribution in [3.63, 3.8) is 0 Å². The summed E-state index contributed by atoms with van der Waals surface area (Å²) in [7, 11) is 0. The first kappa shape index (κ1) is 7.58. The molecule has 2 atom stereocenters. The molecule has 2 heteroatoms. The second-order valence-corrected chi connectivity index (χ2v) is 2.83. The van der Waals surface area contributed by atoms with E-state index in [1.54, 1.807) is 6.20 Å². The first-order chi connectivity index (χ1) is 4.83. The van der Waals surface area contributed by atoms with Crippen LogP contribution in [0, 0.1) is 0 Å². The number of nitrogens with one attached hydrogen (secondary N) is 1. The molecule has 0 heterocycles. The van der Waals surface area contributed by atoms with Gasteiger partial charge in [0.25, 0.3) is 0 Å². The molecule has 0 spiro atoms. The predicted octanol–water partition coefficient (Wildman–Crippen LogP) is 2.00. The van der Waals surface area contributed by atoms with Crippen molar-refractivity contribution in [3.05, 3.63) is 12.8 Å². The first-order valence-corrected chi connectivity index (χ1v) is 3.84. The number of rotatable bonds is 2. The second-order valence-electron chi connectivity index (χ2n) is 2.83. The van der Waals surface area contributed by atoms with Crippen LogP contribution in [0.5, 0.6) is 0 Å². The predicted molar refractivity (Wildman–Crippen MR) is 40.5 cm³/mol. The van der Waals surface area contributed by atoms with Gasteiger partial charge in [0.15, 0.2) is 0 Å². The van der Waals surface area contributed by atoms with E-state index < -0.39 is 6.17 Å². The molecule has 10 heavy (non-hydrogen) atoms. The molecule has 1 saturated carbocycles. The molecule has 1 nitrogen and oxygen atoms in total. The van der Waals surface area contributed by atoms with Crippen molar-refractivity contribution in [1.82, 2.24) is 5.32 Å². The lowest BCUT2D eigenvalue weighted by Gasteiger charge is -2.24. The third-order valence-corrected chi connectivity index (χ3v) is 1.96. The topological polar surface area (TPSA) is 12.0 Å². The Kier molecular flexibility index (Phi) is 2.72. The molecular weight excluding hydrogens is 129 g/mol. The lowest BCUT2D eigenvalue weighted by Crippen LogP contribution is -2.31. The van der Waals surface area contributed by atoms with Crippen molar-refractivity contribution in [2.24, 2.45) is 0 Å². The van der Waals surface area contributed by atoms with Gasteiger partial charge in [-0.15, -0.1) is 0 Å². The Hall–Kier alpha value is -0.530. The van der Waals surface area contributed by atoms with Gasteiger partial charge < -0.3 is 5.32 Å². The molecule has 0 radical (unpaired) electrons. The van der Waals surface area contributed by atoms with Crippen molar-refractivity contribution in [1.29, 1.82) is 0 Å². The van der Waals surface area contributed by atoms with Crippen LogP contribution in [0.15, 0.2) is 12.8 Å². The fourth-order valence-electron chi connectivity index (χ4n) is 1.45. The summed E-state index contributed by atoms with van der Waals surface area (Å²) in [6.45, 7) is 3.55. The van der Waals surface area contributed by atoms with Gasteiger partial charge in [0.05, 0.1) is 0 Å². The number of alkyl halides is 1.